The standard InChI is InChI=1S/2C9H14O4.C9H18O4.2C8H12O5.C6H15ClSi.C5H10O5.C5H8O5.CH4.B.Na.H2O4S.H/c2*1-4-5-6-7(8(10)11-5)13-9(2,3)12-6;1-4-6(11)8-7(5-10)12-9(2,3)13-8;2*1-8(2)12-5-4(3-9)11-7(10)6(5)13-8;1-6(2,3)8(4,5)7;2*6-1-2-3(7)4(8)5(9)10-2;;;;1-5(2,3)4;/h2*5-7H,4H2,1-3H3;6-8,10-11H,4-5H2,1-3H3;2*4-6,9H,3H2,1-2H3;1-5H3;2-9H,1H2;2-4,6-8H,1H2;1H4;;;(H2,1,2,3,4);/q;;;;;;;;;;+1;;-1/t5-,6+,7+;5-,6-,7-;6-,7-,8+;4-,5+,6+;4-,5-,6-;;2-,3-,4-,5?;2-,3-,4-;;;;;/m01001.11...../s1. The average molecular weight is 1540 g/mol. The van der Waals surface area contributed by atoms with Gasteiger partial charge in [0.15, 0.2) is 91.4 Å². The summed E-state index contributed by atoms with van der Waals surface area (Å²) in [5.41, 5.74) is 0. The van der Waals surface area contributed by atoms with Crippen molar-refractivity contribution in [2.24, 2.45) is 0 Å². The van der Waals surface area contributed by atoms with E-state index in [1.54, 1.807) is 41.5 Å². The summed E-state index contributed by atoms with van der Waals surface area (Å²) in [6.45, 7) is 33.0. The Morgan fingerprint density at radius 1 is 0.465 bits per heavy atom. The van der Waals surface area contributed by atoms with E-state index >= 15 is 0 Å². The molecule has 0 spiro atoms. The molecule has 36 nitrogen and oxygen atoms in total. The Bertz CT molecular complexity index is 2480. The molecule has 11 fully saturated rings. The van der Waals surface area contributed by atoms with Crippen LogP contribution in [0.4, 0.5) is 0 Å². The number of halogens is 1. The zero-order valence-electron chi connectivity index (χ0n) is 60.9. The Balaban J connectivity index is 0. The molecule has 11 aliphatic rings. The molecule has 0 bridgehead atoms. The first kappa shape index (κ1) is 98.9. The number of hydrogen-bond donors (Lipinski definition) is 13. The van der Waals surface area contributed by atoms with E-state index in [9.17, 15) is 29.1 Å². The van der Waals surface area contributed by atoms with Gasteiger partial charge in [-0.2, -0.15) is 19.5 Å². The van der Waals surface area contributed by atoms with E-state index in [4.69, 9.17) is 146 Å². The fraction of sp³-hybridized carbons (Fsp3) is 0.917. The SMILES string of the molecule is C.CC(C)(C)[Si](C)(C)Cl.CC1(C)O[C@@H]2[C@@H](CO)OC(=O)[C@@H]2O1.CC1(C)O[C@@H]2[C@H](CO)OC(=O)[C@@H]2O1.CC[C@@H]1OC(=O)[C@@H]2OC(C)(C)O[C@H]12.CC[C@H](O)[C@H]1OC(C)(C)O[C@H]1CO.CC[C@H]1OC(=O)[C@@H]2OC(C)(C)O[C@H]12.O=C1O[C@H](CO)[C@@H](O)[C@H]1O.O=S(=O)(O)O.OC[C@H]1OC(O)[C@H](O)[C@@H]1O.[B].[H-].[Na+]. The fourth-order valence-corrected chi connectivity index (χ4v) is 10.2. The van der Waals surface area contributed by atoms with Crippen molar-refractivity contribution in [2.45, 2.75) is 319 Å². The third-order valence-corrected chi connectivity index (χ3v) is 21.3. The van der Waals surface area contributed by atoms with Crippen molar-refractivity contribution >= 4 is 67.1 Å². The molecule has 11 aliphatic heterocycles. The van der Waals surface area contributed by atoms with Gasteiger partial charge in [0.2, 0.25) is 0 Å². The predicted octanol–water partition coefficient (Wildman–Crippen LogP) is -4.21. The normalized spacial score (nSPS) is 36.4. The molecule has 1 unspecified atom stereocenters. The van der Waals surface area contributed by atoms with Crippen molar-refractivity contribution in [3.63, 3.8) is 0 Å². The number of carbonyl (C=O) groups is 5. The van der Waals surface area contributed by atoms with Crippen molar-refractivity contribution in [3.05, 3.63) is 0 Å². The van der Waals surface area contributed by atoms with Gasteiger partial charge in [-0.25, -0.2) is 24.0 Å². The molecular formula is C60H110BClNaO36SSi. The van der Waals surface area contributed by atoms with E-state index in [0.29, 0.717) is 11.5 Å². The van der Waals surface area contributed by atoms with Crippen LogP contribution in [0.1, 0.15) is 139 Å². The number of rotatable bonds is 9. The Labute approximate surface area is 620 Å². The van der Waals surface area contributed by atoms with Gasteiger partial charge in [0.05, 0.1) is 39.1 Å². The summed E-state index contributed by atoms with van der Waals surface area (Å²) >= 11 is 6.15. The van der Waals surface area contributed by atoms with E-state index in [1.807, 2.05) is 48.5 Å². The molecule has 587 valence electrons. The Morgan fingerprint density at radius 2 is 0.733 bits per heavy atom. The molecule has 41 heteroatoms. The predicted molar refractivity (Wildman–Crippen MR) is 347 cm³/mol. The van der Waals surface area contributed by atoms with Gasteiger partial charge in [-0.3, -0.25) is 9.11 Å². The summed E-state index contributed by atoms with van der Waals surface area (Å²) in [5.74, 6) is -5.89. The molecule has 0 aromatic rings. The second kappa shape index (κ2) is 40.4. The van der Waals surface area contributed by atoms with Crippen LogP contribution in [0.25, 0.3) is 0 Å². The molecule has 3 radical (unpaired) electrons. The minimum Gasteiger partial charge on any atom is -1.00 e. The van der Waals surface area contributed by atoms with Crippen LogP contribution in [0.2, 0.25) is 18.1 Å². The van der Waals surface area contributed by atoms with Gasteiger partial charge in [-0.15, -0.1) is 0 Å². The number of ether oxygens (including phenoxy) is 16. The summed E-state index contributed by atoms with van der Waals surface area (Å²) in [7, 11) is -6.05. The first-order valence-electron chi connectivity index (χ1n) is 31.7. The minimum absolute atomic E-state index is 0. The van der Waals surface area contributed by atoms with Crippen LogP contribution in [0.5, 0.6) is 0 Å². The summed E-state index contributed by atoms with van der Waals surface area (Å²) in [6.07, 6.45) is -13.0. The van der Waals surface area contributed by atoms with Crippen molar-refractivity contribution in [2.75, 3.05) is 33.0 Å². The average Bonchev–Trinajstić information content (AvgIpc) is 1.64. The van der Waals surface area contributed by atoms with Gasteiger partial charge in [-0.1, -0.05) is 62.1 Å². The first-order valence-corrected chi connectivity index (χ1v) is 37.1. The number of cyclic esters (lactones) is 5. The molecular weight excluding hydrogens is 1430 g/mol. The molecule has 0 amide bonds. The third kappa shape index (κ3) is 28.8. The van der Waals surface area contributed by atoms with Gasteiger partial charge in [0.1, 0.15) is 73.2 Å². The largest absolute Gasteiger partial charge is 1.00 e. The molecule has 101 heavy (non-hydrogen) atoms. The number of carbonyl (C=O) groups excluding carboxylic acids is 5. The maximum absolute atomic E-state index is 11.3. The van der Waals surface area contributed by atoms with Crippen molar-refractivity contribution in [1.82, 2.24) is 0 Å². The summed E-state index contributed by atoms with van der Waals surface area (Å²) < 4.78 is 115. The smallest absolute Gasteiger partial charge is 1.00 e. The monoisotopic (exact) mass is 1540 g/mol. The fourth-order valence-electron chi connectivity index (χ4n) is 10.2. The van der Waals surface area contributed by atoms with E-state index in [0.717, 1.165) is 12.8 Å². The maximum atomic E-state index is 11.3. The van der Waals surface area contributed by atoms with Gasteiger partial charge in [0.25, 0.3) is 0 Å². The van der Waals surface area contributed by atoms with Crippen LogP contribution in [0, 0.1) is 0 Å². The van der Waals surface area contributed by atoms with Gasteiger partial charge in [0, 0.05) is 8.41 Å². The maximum Gasteiger partial charge on any atom is 1.00 e. The van der Waals surface area contributed by atoms with E-state index in [2.05, 4.69) is 43.3 Å². The van der Waals surface area contributed by atoms with Crippen LogP contribution < -0.4 is 29.6 Å². The van der Waals surface area contributed by atoms with Crippen LogP contribution in [0.15, 0.2) is 0 Å². The van der Waals surface area contributed by atoms with E-state index < -0.39 is 188 Å². The van der Waals surface area contributed by atoms with Gasteiger partial charge < -0.3 is 133 Å². The third-order valence-electron chi connectivity index (χ3n) is 16.0. The molecule has 11 heterocycles. The van der Waals surface area contributed by atoms with Crippen molar-refractivity contribution < 1.29 is 204 Å². The second-order valence-electron chi connectivity index (χ2n) is 27.5. The van der Waals surface area contributed by atoms with E-state index in [1.165, 1.54) is 0 Å². The van der Waals surface area contributed by atoms with Crippen LogP contribution >= 0.6 is 11.1 Å². The summed E-state index contributed by atoms with van der Waals surface area (Å²) in [5, 5.41) is 97.7. The molecule has 13 N–H and O–H groups in total. The molecule has 0 aliphatic carbocycles. The Morgan fingerprint density at radius 3 is 0.941 bits per heavy atom. The molecule has 22 atom stereocenters. The number of hydrogen-bond acceptors (Lipinski definition) is 34. The molecule has 11 saturated heterocycles. The van der Waals surface area contributed by atoms with Gasteiger partial charge in [-0.05, 0) is 93.5 Å². The van der Waals surface area contributed by atoms with Crippen molar-refractivity contribution in [1.29, 1.82) is 0 Å². The number of esters is 5. The van der Waals surface area contributed by atoms with E-state index in [-0.39, 0.29) is 103 Å². The Hall–Kier alpha value is -2.09. The van der Waals surface area contributed by atoms with Gasteiger partial charge >= 0.3 is 69.8 Å². The molecule has 0 aromatic carbocycles. The Kier molecular flexibility index (Phi) is 39.5. The van der Waals surface area contributed by atoms with Crippen molar-refractivity contribution in [3.8, 4) is 0 Å². The number of aliphatic hydroxyl groups excluding tert-OH is 11. The summed E-state index contributed by atoms with van der Waals surface area (Å²) in [6, 6.07) is 0. The zero-order chi connectivity index (χ0) is 75.6. The van der Waals surface area contributed by atoms with Crippen LogP contribution in [0.3, 0.4) is 0 Å². The zero-order valence-corrected chi connectivity index (χ0v) is 64.5. The minimum atomic E-state index is -4.67. The number of aliphatic hydroxyl groups is 11. The number of fused-ring (bicyclic) bond motifs is 4. The first-order chi connectivity index (χ1) is 44.7. The molecule has 11 rings (SSSR count). The quantitative estimate of drug-likeness (QED) is 0.0342. The topological polar surface area (TPSA) is 530 Å². The summed E-state index contributed by atoms with van der Waals surface area (Å²) in [4.78, 5) is 55.3. The van der Waals surface area contributed by atoms with Crippen LogP contribution in [-0.2, 0) is 110 Å². The van der Waals surface area contributed by atoms with Crippen LogP contribution in [-0.4, -0.2) is 316 Å². The molecule has 0 saturated carbocycles. The molecule has 0 aromatic heterocycles. The second-order valence-corrected chi connectivity index (χ2v) is 35.6.